The van der Waals surface area contributed by atoms with Gasteiger partial charge in [-0.15, -0.1) is 0 Å². The van der Waals surface area contributed by atoms with Crippen molar-refractivity contribution >= 4 is 0 Å². The zero-order valence-corrected chi connectivity index (χ0v) is 14.6. The fourth-order valence-electron chi connectivity index (χ4n) is 2.98. The van der Waals surface area contributed by atoms with Crippen LogP contribution in [0.5, 0.6) is 0 Å². The summed E-state index contributed by atoms with van der Waals surface area (Å²) in [5.74, 6) is -0.104. The summed E-state index contributed by atoms with van der Waals surface area (Å²) in [4.78, 5) is 0. The fourth-order valence-corrected chi connectivity index (χ4v) is 2.98. The van der Waals surface area contributed by atoms with Crippen LogP contribution in [0.25, 0.3) is 22.3 Å². The van der Waals surface area contributed by atoms with Crippen LogP contribution >= 0.6 is 0 Å². The molecule has 0 unspecified atom stereocenters. The quantitative estimate of drug-likeness (QED) is 0.500. The molecule has 0 N–H and O–H groups in total. The second-order valence-corrected chi connectivity index (χ2v) is 6.43. The monoisotopic (exact) mass is 318 g/mol. The number of benzene rings is 3. The molecule has 0 nitrogen and oxygen atoms in total. The van der Waals surface area contributed by atoms with Crippen LogP contribution in [0.1, 0.15) is 30.0 Å². The normalized spacial score (nSPS) is 10.8. The van der Waals surface area contributed by atoms with Gasteiger partial charge in [-0.1, -0.05) is 67.9 Å². The van der Waals surface area contributed by atoms with Gasteiger partial charge in [0.2, 0.25) is 0 Å². The summed E-state index contributed by atoms with van der Waals surface area (Å²) in [6.45, 7) is 6.33. The molecule has 0 heterocycles. The lowest BCUT2D eigenvalue weighted by atomic mass is 9.97. The van der Waals surface area contributed by atoms with Gasteiger partial charge < -0.3 is 0 Å². The Hall–Kier alpha value is -2.41. The third-order valence-corrected chi connectivity index (χ3v) is 4.63. The van der Waals surface area contributed by atoms with Crippen molar-refractivity contribution < 1.29 is 4.39 Å². The third kappa shape index (κ3) is 3.41. The molecule has 0 saturated heterocycles. The van der Waals surface area contributed by atoms with E-state index in [-0.39, 0.29) is 5.82 Å². The molecule has 0 spiro atoms. The van der Waals surface area contributed by atoms with Gasteiger partial charge in [0.25, 0.3) is 0 Å². The summed E-state index contributed by atoms with van der Waals surface area (Å²) >= 11 is 0. The Morgan fingerprint density at radius 2 is 1.21 bits per heavy atom. The third-order valence-electron chi connectivity index (χ3n) is 4.63. The molecule has 0 atom stereocenters. The summed E-state index contributed by atoms with van der Waals surface area (Å²) in [6.07, 6.45) is 1.75. The summed E-state index contributed by atoms with van der Waals surface area (Å²) < 4.78 is 14.1. The lowest BCUT2D eigenvalue weighted by Crippen LogP contribution is -1.90. The minimum atomic E-state index is -0.104. The molecular formula is C23H23F. The highest BCUT2D eigenvalue weighted by molar-refractivity contribution is 5.71. The molecule has 0 aliphatic heterocycles. The van der Waals surface area contributed by atoms with E-state index in [0.29, 0.717) is 0 Å². The first-order valence-corrected chi connectivity index (χ1v) is 8.55. The van der Waals surface area contributed by atoms with Crippen LogP contribution in [0.15, 0.2) is 60.7 Å². The highest BCUT2D eigenvalue weighted by atomic mass is 19.1. The Morgan fingerprint density at radius 1 is 0.667 bits per heavy atom. The zero-order valence-electron chi connectivity index (χ0n) is 14.6. The van der Waals surface area contributed by atoms with E-state index in [0.717, 1.165) is 29.5 Å². The predicted molar refractivity (Wildman–Crippen MR) is 101 cm³/mol. The Balaban J connectivity index is 1.89. The van der Waals surface area contributed by atoms with Gasteiger partial charge in [-0.2, -0.15) is 0 Å². The first-order valence-electron chi connectivity index (χ1n) is 8.55. The lowest BCUT2D eigenvalue weighted by Gasteiger charge is -2.09. The van der Waals surface area contributed by atoms with Crippen molar-refractivity contribution in [3.8, 4) is 22.3 Å². The van der Waals surface area contributed by atoms with Crippen LogP contribution < -0.4 is 0 Å². The van der Waals surface area contributed by atoms with Crippen LogP contribution in [-0.2, 0) is 6.42 Å². The van der Waals surface area contributed by atoms with Crippen LogP contribution in [-0.4, -0.2) is 0 Å². The van der Waals surface area contributed by atoms with Crippen molar-refractivity contribution in [1.82, 2.24) is 0 Å². The second-order valence-electron chi connectivity index (χ2n) is 6.43. The van der Waals surface area contributed by atoms with E-state index in [1.54, 1.807) is 6.07 Å². The van der Waals surface area contributed by atoms with Gasteiger partial charge in [-0.3, -0.25) is 0 Å². The average Bonchev–Trinajstić information content (AvgIpc) is 2.59. The molecule has 0 fully saturated rings. The molecular weight excluding hydrogens is 295 g/mol. The van der Waals surface area contributed by atoms with Crippen LogP contribution in [0.2, 0.25) is 0 Å². The van der Waals surface area contributed by atoms with Gasteiger partial charge >= 0.3 is 0 Å². The summed E-state index contributed by atoms with van der Waals surface area (Å²) in [5.41, 5.74) is 7.78. The molecule has 0 aliphatic rings. The van der Waals surface area contributed by atoms with Crippen molar-refractivity contribution in [3.05, 3.63) is 83.2 Å². The van der Waals surface area contributed by atoms with E-state index in [1.807, 2.05) is 12.1 Å². The number of hydrogen-bond acceptors (Lipinski definition) is 0. The van der Waals surface area contributed by atoms with Gasteiger partial charge in [0.15, 0.2) is 0 Å². The molecule has 0 aromatic heterocycles. The summed E-state index contributed by atoms with van der Waals surface area (Å²) in [5, 5.41) is 0. The first-order chi connectivity index (χ1) is 11.6. The van der Waals surface area contributed by atoms with E-state index in [1.165, 1.54) is 22.3 Å². The molecule has 122 valence electrons. The molecule has 0 saturated carbocycles. The SMILES string of the molecule is CCCc1ccc(-c2ccc(-c3ccc(C)c(C)c3)cc2)cc1F. The van der Waals surface area contributed by atoms with Gasteiger partial charge in [-0.05, 0) is 65.3 Å². The van der Waals surface area contributed by atoms with Crippen molar-refractivity contribution in [3.63, 3.8) is 0 Å². The number of rotatable bonds is 4. The van der Waals surface area contributed by atoms with Gasteiger partial charge in [0, 0.05) is 0 Å². The van der Waals surface area contributed by atoms with E-state index in [2.05, 4.69) is 63.2 Å². The lowest BCUT2D eigenvalue weighted by molar-refractivity contribution is 0.608. The van der Waals surface area contributed by atoms with Crippen LogP contribution in [0.4, 0.5) is 4.39 Å². The molecule has 3 aromatic rings. The maximum atomic E-state index is 14.1. The predicted octanol–water partition coefficient (Wildman–Crippen LogP) is 6.73. The molecule has 0 bridgehead atoms. The van der Waals surface area contributed by atoms with Crippen molar-refractivity contribution in [2.45, 2.75) is 33.6 Å². The van der Waals surface area contributed by atoms with Crippen LogP contribution in [0, 0.1) is 19.7 Å². The molecule has 24 heavy (non-hydrogen) atoms. The number of aryl methyl sites for hydroxylation is 3. The van der Waals surface area contributed by atoms with Gasteiger partial charge in [0.1, 0.15) is 5.82 Å². The van der Waals surface area contributed by atoms with E-state index < -0.39 is 0 Å². The highest BCUT2D eigenvalue weighted by Gasteiger charge is 2.06. The van der Waals surface area contributed by atoms with E-state index in [9.17, 15) is 4.39 Å². The smallest absolute Gasteiger partial charge is 0.127 e. The molecule has 3 aromatic carbocycles. The van der Waals surface area contributed by atoms with Gasteiger partial charge in [0.05, 0.1) is 0 Å². The Morgan fingerprint density at radius 3 is 1.75 bits per heavy atom. The molecule has 0 amide bonds. The zero-order chi connectivity index (χ0) is 17.1. The fraction of sp³-hybridized carbons (Fsp3) is 0.217. The summed E-state index contributed by atoms with van der Waals surface area (Å²) in [6, 6.07) is 20.4. The molecule has 0 aliphatic carbocycles. The average molecular weight is 318 g/mol. The Labute approximate surface area is 144 Å². The number of halogens is 1. The molecule has 0 radical (unpaired) electrons. The standard InChI is InChI=1S/C23H23F/c1-4-5-20-12-13-22(15-23(20)24)19-10-8-18(9-11-19)21-7-6-16(2)17(3)14-21/h6-15H,4-5H2,1-3H3. The minimum Gasteiger partial charge on any atom is -0.207 e. The van der Waals surface area contributed by atoms with E-state index >= 15 is 0 Å². The van der Waals surface area contributed by atoms with Crippen molar-refractivity contribution in [2.24, 2.45) is 0 Å². The number of hydrogen-bond donors (Lipinski definition) is 0. The molecule has 3 rings (SSSR count). The van der Waals surface area contributed by atoms with Crippen LogP contribution in [0.3, 0.4) is 0 Å². The first kappa shape index (κ1) is 16.4. The molecule has 1 heteroatoms. The van der Waals surface area contributed by atoms with Gasteiger partial charge in [-0.25, -0.2) is 4.39 Å². The summed E-state index contributed by atoms with van der Waals surface area (Å²) in [7, 11) is 0. The maximum Gasteiger partial charge on any atom is 0.127 e. The van der Waals surface area contributed by atoms with Crippen molar-refractivity contribution in [1.29, 1.82) is 0 Å². The van der Waals surface area contributed by atoms with E-state index in [4.69, 9.17) is 0 Å². The minimum absolute atomic E-state index is 0.104. The highest BCUT2D eigenvalue weighted by Crippen LogP contribution is 2.27. The topological polar surface area (TPSA) is 0 Å². The van der Waals surface area contributed by atoms with Crippen molar-refractivity contribution in [2.75, 3.05) is 0 Å². The Bertz CT molecular complexity index is 844. The largest absolute Gasteiger partial charge is 0.207 e. The maximum absolute atomic E-state index is 14.1. The Kier molecular flexibility index (Phi) is 4.80. The second kappa shape index (κ2) is 7.00.